The first-order valence-corrected chi connectivity index (χ1v) is 8.65. The van der Waals surface area contributed by atoms with Crippen LogP contribution in [0.15, 0.2) is 54.9 Å². The monoisotopic (exact) mass is 320 g/mol. The molecule has 0 aliphatic heterocycles. The lowest BCUT2D eigenvalue weighted by atomic mass is 10.0. The number of nitrogens with zero attached hydrogens (tertiary/aromatic N) is 4. The Morgan fingerprint density at radius 2 is 1.79 bits per heavy atom. The standard InChI is InChI=1S/C20H24N4/c1-16(2)7-3-4-8-17-10-12-18(13-11-17)24-15-20(22-23-24)19-9-5-6-14-21-19/h5-6,9-16H,3-4,7-8H2,1-2H3. The van der Waals surface area contributed by atoms with E-state index in [1.165, 1.54) is 24.8 Å². The van der Waals surface area contributed by atoms with Gasteiger partial charge in [0.1, 0.15) is 5.69 Å². The number of hydrogen-bond donors (Lipinski definition) is 0. The van der Waals surface area contributed by atoms with Crippen LogP contribution >= 0.6 is 0 Å². The van der Waals surface area contributed by atoms with Crippen LogP contribution in [0, 0.1) is 5.92 Å². The summed E-state index contributed by atoms with van der Waals surface area (Å²) >= 11 is 0. The van der Waals surface area contributed by atoms with Gasteiger partial charge in [0.15, 0.2) is 0 Å². The molecule has 0 spiro atoms. The largest absolute Gasteiger partial charge is 0.254 e. The second-order valence-corrected chi connectivity index (χ2v) is 6.57. The van der Waals surface area contributed by atoms with E-state index in [0.29, 0.717) is 0 Å². The van der Waals surface area contributed by atoms with Gasteiger partial charge in [-0.05, 0) is 48.6 Å². The van der Waals surface area contributed by atoms with Crippen LogP contribution in [0.5, 0.6) is 0 Å². The topological polar surface area (TPSA) is 43.6 Å². The van der Waals surface area contributed by atoms with Gasteiger partial charge in [0.2, 0.25) is 0 Å². The molecule has 0 fully saturated rings. The van der Waals surface area contributed by atoms with Gasteiger partial charge in [-0.25, -0.2) is 4.68 Å². The fourth-order valence-corrected chi connectivity index (χ4v) is 2.72. The Morgan fingerprint density at radius 1 is 0.958 bits per heavy atom. The Morgan fingerprint density at radius 3 is 2.50 bits per heavy atom. The molecule has 0 atom stereocenters. The van der Waals surface area contributed by atoms with Crippen molar-refractivity contribution < 1.29 is 0 Å². The molecule has 0 N–H and O–H groups in total. The summed E-state index contributed by atoms with van der Waals surface area (Å²) in [6, 6.07) is 14.4. The minimum absolute atomic E-state index is 0.786. The molecule has 0 aliphatic rings. The highest BCUT2D eigenvalue weighted by atomic mass is 15.4. The Balaban J connectivity index is 1.63. The first-order chi connectivity index (χ1) is 11.7. The summed E-state index contributed by atoms with van der Waals surface area (Å²) in [5.41, 5.74) is 4.03. The van der Waals surface area contributed by atoms with E-state index < -0.39 is 0 Å². The predicted octanol–water partition coefficient (Wildman–Crippen LogP) is 4.70. The molecule has 0 bridgehead atoms. The van der Waals surface area contributed by atoms with E-state index in [1.807, 2.05) is 24.4 Å². The van der Waals surface area contributed by atoms with Gasteiger partial charge >= 0.3 is 0 Å². The SMILES string of the molecule is CC(C)CCCCc1ccc(-n2cc(-c3ccccn3)nn2)cc1. The number of pyridine rings is 1. The van der Waals surface area contributed by atoms with Crippen molar-refractivity contribution in [2.24, 2.45) is 5.92 Å². The molecule has 3 aromatic rings. The summed E-state index contributed by atoms with van der Waals surface area (Å²) < 4.78 is 1.80. The molecule has 2 heterocycles. The van der Waals surface area contributed by atoms with Crippen molar-refractivity contribution in [3.63, 3.8) is 0 Å². The molecule has 124 valence electrons. The average molecular weight is 320 g/mol. The van der Waals surface area contributed by atoms with Crippen LogP contribution in [-0.2, 0) is 6.42 Å². The third-order valence-corrected chi connectivity index (χ3v) is 4.12. The molecule has 24 heavy (non-hydrogen) atoms. The highest BCUT2D eigenvalue weighted by Gasteiger charge is 2.06. The van der Waals surface area contributed by atoms with E-state index in [4.69, 9.17) is 0 Å². The van der Waals surface area contributed by atoms with Crippen LogP contribution < -0.4 is 0 Å². The molecule has 0 amide bonds. The zero-order chi connectivity index (χ0) is 16.8. The minimum Gasteiger partial charge on any atom is -0.254 e. The van der Waals surface area contributed by atoms with Gasteiger partial charge in [-0.3, -0.25) is 4.98 Å². The smallest absolute Gasteiger partial charge is 0.131 e. The summed E-state index contributed by atoms with van der Waals surface area (Å²) in [6.07, 6.45) is 8.69. The third-order valence-electron chi connectivity index (χ3n) is 4.12. The van der Waals surface area contributed by atoms with Gasteiger partial charge in [-0.1, -0.05) is 50.1 Å². The molecule has 3 rings (SSSR count). The van der Waals surface area contributed by atoms with E-state index >= 15 is 0 Å². The molecular weight excluding hydrogens is 296 g/mol. The Bertz CT molecular complexity index is 745. The number of benzene rings is 1. The highest BCUT2D eigenvalue weighted by molar-refractivity contribution is 5.52. The third kappa shape index (κ3) is 4.28. The molecule has 0 saturated heterocycles. The van der Waals surface area contributed by atoms with Gasteiger partial charge in [0, 0.05) is 6.20 Å². The summed E-state index contributed by atoms with van der Waals surface area (Å²) in [5.74, 6) is 0.799. The number of hydrogen-bond acceptors (Lipinski definition) is 3. The first kappa shape index (κ1) is 16.4. The molecule has 2 aromatic heterocycles. The Kier molecular flexibility index (Phi) is 5.36. The summed E-state index contributed by atoms with van der Waals surface area (Å²) in [4.78, 5) is 4.31. The number of aromatic nitrogens is 4. The molecule has 0 radical (unpaired) electrons. The van der Waals surface area contributed by atoms with Gasteiger partial charge < -0.3 is 0 Å². The second-order valence-electron chi connectivity index (χ2n) is 6.57. The van der Waals surface area contributed by atoms with Crippen molar-refractivity contribution in [3.8, 4) is 17.1 Å². The van der Waals surface area contributed by atoms with E-state index in [-0.39, 0.29) is 0 Å². The quantitative estimate of drug-likeness (QED) is 0.593. The number of aryl methyl sites for hydroxylation is 1. The van der Waals surface area contributed by atoms with Crippen LogP contribution in [-0.4, -0.2) is 20.0 Å². The molecular formula is C20H24N4. The summed E-state index contributed by atoms with van der Waals surface area (Å²) in [5, 5.41) is 8.43. The maximum atomic E-state index is 4.31. The van der Waals surface area contributed by atoms with Gasteiger partial charge in [-0.15, -0.1) is 5.10 Å². The zero-order valence-electron chi connectivity index (χ0n) is 14.4. The van der Waals surface area contributed by atoms with Crippen molar-refractivity contribution in [2.45, 2.75) is 39.5 Å². The Labute approximate surface area is 143 Å². The van der Waals surface area contributed by atoms with Crippen LogP contribution in [0.3, 0.4) is 0 Å². The second kappa shape index (κ2) is 7.86. The first-order valence-electron chi connectivity index (χ1n) is 8.65. The van der Waals surface area contributed by atoms with Crippen LogP contribution in [0.1, 0.15) is 38.7 Å². The molecule has 0 unspecified atom stereocenters. The predicted molar refractivity (Wildman–Crippen MR) is 97.0 cm³/mol. The molecule has 4 nitrogen and oxygen atoms in total. The molecule has 4 heteroatoms. The van der Waals surface area contributed by atoms with E-state index in [9.17, 15) is 0 Å². The lowest BCUT2D eigenvalue weighted by Crippen LogP contribution is -1.95. The van der Waals surface area contributed by atoms with Gasteiger partial charge in [-0.2, -0.15) is 0 Å². The van der Waals surface area contributed by atoms with Crippen molar-refractivity contribution in [2.75, 3.05) is 0 Å². The van der Waals surface area contributed by atoms with Crippen molar-refractivity contribution in [3.05, 3.63) is 60.4 Å². The minimum atomic E-state index is 0.786. The summed E-state index contributed by atoms with van der Waals surface area (Å²) in [6.45, 7) is 4.57. The van der Waals surface area contributed by atoms with E-state index in [1.54, 1.807) is 10.9 Å². The lowest BCUT2D eigenvalue weighted by Gasteiger charge is -2.05. The van der Waals surface area contributed by atoms with E-state index in [0.717, 1.165) is 29.4 Å². The molecule has 0 saturated carbocycles. The lowest BCUT2D eigenvalue weighted by molar-refractivity contribution is 0.538. The average Bonchev–Trinajstić information content (AvgIpc) is 3.10. The maximum Gasteiger partial charge on any atom is 0.131 e. The highest BCUT2D eigenvalue weighted by Crippen LogP contribution is 2.16. The molecule has 0 aliphatic carbocycles. The normalized spacial score (nSPS) is 11.1. The van der Waals surface area contributed by atoms with Gasteiger partial charge in [0.25, 0.3) is 0 Å². The number of unbranched alkanes of at least 4 members (excludes halogenated alkanes) is 1. The van der Waals surface area contributed by atoms with Gasteiger partial charge in [0.05, 0.1) is 17.6 Å². The van der Waals surface area contributed by atoms with E-state index in [2.05, 4.69) is 53.4 Å². The van der Waals surface area contributed by atoms with Crippen LogP contribution in [0.2, 0.25) is 0 Å². The number of rotatable bonds is 7. The van der Waals surface area contributed by atoms with Crippen molar-refractivity contribution in [1.29, 1.82) is 0 Å². The van der Waals surface area contributed by atoms with Crippen molar-refractivity contribution in [1.82, 2.24) is 20.0 Å². The Hall–Kier alpha value is -2.49. The van der Waals surface area contributed by atoms with Crippen LogP contribution in [0.4, 0.5) is 0 Å². The van der Waals surface area contributed by atoms with Crippen molar-refractivity contribution >= 4 is 0 Å². The fourth-order valence-electron chi connectivity index (χ4n) is 2.72. The zero-order valence-corrected chi connectivity index (χ0v) is 14.4. The fraction of sp³-hybridized carbons (Fsp3) is 0.350. The maximum absolute atomic E-state index is 4.31. The molecule has 1 aromatic carbocycles. The summed E-state index contributed by atoms with van der Waals surface area (Å²) in [7, 11) is 0. The van der Waals surface area contributed by atoms with Crippen LogP contribution in [0.25, 0.3) is 17.1 Å².